The molecule has 21 aromatic carbocycles. The lowest BCUT2D eigenvalue weighted by molar-refractivity contribution is 1.17. The van der Waals surface area contributed by atoms with E-state index < -0.39 is 0 Å². The predicted molar refractivity (Wildman–Crippen MR) is 558 cm³/mol. The van der Waals surface area contributed by atoms with Gasteiger partial charge in [-0.2, -0.15) is 0 Å². The summed E-state index contributed by atoms with van der Waals surface area (Å²) >= 11 is 0. The highest BCUT2D eigenvalue weighted by Gasteiger charge is 2.22. The molecule has 27 rings (SSSR count). The summed E-state index contributed by atoms with van der Waals surface area (Å²) in [5, 5.41) is 15.2. The van der Waals surface area contributed by atoms with Crippen LogP contribution in [0.4, 0.5) is 0 Å². The molecular formula is C126H84N6. The summed E-state index contributed by atoms with van der Waals surface area (Å²) in [5.74, 6) is 0. The van der Waals surface area contributed by atoms with Gasteiger partial charge in [-0.3, -0.25) is 0 Å². The average Bonchev–Trinajstić information content (AvgIpc) is 1.66. The third-order valence-electron chi connectivity index (χ3n) is 26.7. The molecule has 0 fully saturated rings. The number of fused-ring (bicyclic) bond motifs is 18. The Hall–Kier alpha value is -17.6. The Balaban J connectivity index is 0.000000107. The molecule has 0 N–H and O–H groups in total. The van der Waals surface area contributed by atoms with Gasteiger partial charge in [0.1, 0.15) is 0 Å². The smallest absolute Gasteiger partial charge is 0.0541 e. The second-order valence-corrected chi connectivity index (χ2v) is 34.3. The number of hydrogen-bond donors (Lipinski definition) is 0. The summed E-state index contributed by atoms with van der Waals surface area (Å²) in [6.45, 7) is 0. The Morgan fingerprint density at radius 3 is 0.477 bits per heavy atom. The van der Waals surface area contributed by atoms with Crippen molar-refractivity contribution in [3.63, 3.8) is 0 Å². The van der Waals surface area contributed by atoms with Crippen LogP contribution in [0.5, 0.6) is 0 Å². The summed E-state index contributed by atoms with van der Waals surface area (Å²) < 4.78 is 14.3. The van der Waals surface area contributed by atoms with Gasteiger partial charge >= 0.3 is 0 Å². The van der Waals surface area contributed by atoms with Crippen molar-refractivity contribution in [2.45, 2.75) is 0 Å². The summed E-state index contributed by atoms with van der Waals surface area (Å²) in [7, 11) is 0. The highest BCUT2D eigenvalue weighted by molar-refractivity contribution is 6.16. The van der Waals surface area contributed by atoms with E-state index in [1.807, 2.05) is 0 Å². The molecule has 0 aliphatic rings. The van der Waals surface area contributed by atoms with Gasteiger partial charge in [-0.1, -0.05) is 340 Å². The van der Waals surface area contributed by atoms with E-state index in [4.69, 9.17) is 0 Å². The van der Waals surface area contributed by atoms with E-state index in [1.165, 1.54) is 220 Å². The van der Waals surface area contributed by atoms with E-state index in [0.29, 0.717) is 0 Å². The van der Waals surface area contributed by atoms with Crippen LogP contribution in [-0.4, -0.2) is 27.4 Å². The van der Waals surface area contributed by atoms with Crippen molar-refractivity contribution in [1.29, 1.82) is 0 Å². The van der Waals surface area contributed by atoms with Crippen LogP contribution in [-0.2, 0) is 0 Å². The summed E-state index contributed by atoms with van der Waals surface area (Å²) in [6, 6.07) is 184. The van der Waals surface area contributed by atoms with Crippen LogP contribution in [0.15, 0.2) is 510 Å². The molecule has 0 atom stereocenters. The lowest BCUT2D eigenvalue weighted by atomic mass is 9.97. The normalized spacial score (nSPS) is 11.6. The first-order valence-electron chi connectivity index (χ1n) is 45.3. The van der Waals surface area contributed by atoms with Crippen molar-refractivity contribution in [2.24, 2.45) is 0 Å². The molecule has 618 valence electrons. The monoisotopic (exact) mass is 1680 g/mol. The second kappa shape index (κ2) is 32.4. The van der Waals surface area contributed by atoms with Crippen LogP contribution in [0.3, 0.4) is 0 Å². The number of nitrogens with zero attached hydrogens (tertiary/aromatic N) is 6. The van der Waals surface area contributed by atoms with Gasteiger partial charge in [0.2, 0.25) is 0 Å². The Morgan fingerprint density at radius 1 is 0.0833 bits per heavy atom. The molecule has 132 heavy (non-hydrogen) atoms. The van der Waals surface area contributed by atoms with E-state index in [1.54, 1.807) is 0 Å². The fourth-order valence-corrected chi connectivity index (χ4v) is 20.7. The molecule has 0 bridgehead atoms. The first-order chi connectivity index (χ1) is 65.5. The number of hydrogen-bond acceptors (Lipinski definition) is 0. The van der Waals surface area contributed by atoms with Gasteiger partial charge < -0.3 is 27.4 Å². The van der Waals surface area contributed by atoms with Crippen LogP contribution in [0.2, 0.25) is 0 Å². The largest absolute Gasteiger partial charge is 0.309 e. The third-order valence-corrected chi connectivity index (χ3v) is 26.7. The lowest BCUT2D eigenvalue weighted by Gasteiger charge is -2.13. The molecule has 0 spiro atoms. The SMILES string of the molecule is c1cc(-c2cccc(-n3c4ccccc4c4ccccc43)c2)cc(-n2c3ccccc3c3ccccc32)c1.c1ccc(-c2ccc3c(c2)c2ccccc2n3-c2cccc(-c3cccc(-n4c5ccccc5c5cc(-c6ccccc6)ccc54)c3)c2)cc1.c1ccc(-n2c3ccccc3c3cc(-c4cccc(-c5cccc(-n6c7ccccc7c7ccccc76)c5)c4)ccc32)cc1. The first-order valence-corrected chi connectivity index (χ1v) is 45.3. The Labute approximate surface area is 763 Å². The highest BCUT2D eigenvalue weighted by Crippen LogP contribution is 2.44. The van der Waals surface area contributed by atoms with Crippen LogP contribution in [0.1, 0.15) is 0 Å². The minimum absolute atomic E-state index is 1.15. The maximum Gasteiger partial charge on any atom is 0.0541 e. The molecule has 0 aliphatic carbocycles. The summed E-state index contributed by atoms with van der Waals surface area (Å²) in [4.78, 5) is 0. The van der Waals surface area contributed by atoms with Crippen LogP contribution >= 0.6 is 0 Å². The highest BCUT2D eigenvalue weighted by atomic mass is 15.0. The number of rotatable bonds is 12. The maximum absolute atomic E-state index is 2.41. The molecule has 0 aliphatic heterocycles. The van der Waals surface area contributed by atoms with Gasteiger partial charge in [-0.05, 0) is 237 Å². The molecule has 6 heteroatoms. The zero-order valence-corrected chi connectivity index (χ0v) is 72.2. The summed E-state index contributed by atoms with van der Waals surface area (Å²) in [6.07, 6.45) is 0. The van der Waals surface area contributed by atoms with Gasteiger partial charge in [-0.15, -0.1) is 0 Å². The zero-order chi connectivity index (χ0) is 87.1. The third kappa shape index (κ3) is 13.3. The van der Waals surface area contributed by atoms with E-state index in [2.05, 4.69) is 537 Å². The molecule has 0 amide bonds. The molecule has 0 unspecified atom stereocenters. The van der Waals surface area contributed by atoms with Crippen molar-refractivity contribution >= 4 is 131 Å². The van der Waals surface area contributed by atoms with E-state index in [0.717, 1.165) is 11.4 Å². The van der Waals surface area contributed by atoms with Gasteiger partial charge in [0, 0.05) is 98.8 Å². The molecule has 0 radical (unpaired) electrons. The standard InChI is InChI=1S/C48H32N2.C42H28N2.C36H24N2/c1-3-13-33(14-4-1)37-25-27-47-43(31-37)41-21-7-9-23-45(41)49(47)39-19-11-17-35(29-39)36-18-12-20-40(30-36)50-46-24-10-8-22-42(46)44-32-38(26-28-48(44)50)34-15-5-2-6-16-34;1-2-15-33(16-3-1)43-41-23-9-6-20-37(41)38-28-32(24-25-42(38)43)30-13-10-12-29(26-30)31-14-11-17-34(27-31)44-39-21-7-4-18-35(39)36-19-5-8-22-40(36)44;1-5-19-33-29(15-1)30-16-2-6-20-34(30)37(33)27-13-9-11-25(23-27)26-12-10-14-28(24-26)38-35-21-7-3-17-31(35)32-18-4-8-22-36(32)38/h1-32H;1-28H;1-24H. The first kappa shape index (κ1) is 76.8. The quantitative estimate of drug-likeness (QED) is 0.117. The Morgan fingerprint density at radius 2 is 0.235 bits per heavy atom. The fourth-order valence-electron chi connectivity index (χ4n) is 20.7. The minimum atomic E-state index is 1.15. The molecule has 6 aromatic heterocycles. The average molecular weight is 1680 g/mol. The van der Waals surface area contributed by atoms with E-state index in [-0.39, 0.29) is 0 Å². The molecule has 6 nitrogen and oxygen atoms in total. The van der Waals surface area contributed by atoms with Crippen LogP contribution in [0, 0.1) is 0 Å². The van der Waals surface area contributed by atoms with Crippen molar-refractivity contribution in [3.05, 3.63) is 510 Å². The van der Waals surface area contributed by atoms with Crippen molar-refractivity contribution in [1.82, 2.24) is 27.4 Å². The minimum Gasteiger partial charge on any atom is -0.309 e. The second-order valence-electron chi connectivity index (χ2n) is 34.3. The molecule has 6 heterocycles. The van der Waals surface area contributed by atoms with Crippen LogP contribution < -0.4 is 0 Å². The molecule has 27 aromatic rings. The van der Waals surface area contributed by atoms with Crippen molar-refractivity contribution in [3.8, 4) is 101 Å². The van der Waals surface area contributed by atoms with Crippen LogP contribution in [0.25, 0.3) is 232 Å². The van der Waals surface area contributed by atoms with Gasteiger partial charge in [0.05, 0.1) is 66.2 Å². The molecule has 0 saturated carbocycles. The molecule has 0 saturated heterocycles. The predicted octanol–water partition coefficient (Wildman–Crippen LogP) is 33.6. The van der Waals surface area contributed by atoms with Crippen molar-refractivity contribution < 1.29 is 0 Å². The van der Waals surface area contributed by atoms with E-state index >= 15 is 0 Å². The van der Waals surface area contributed by atoms with Gasteiger partial charge in [0.15, 0.2) is 0 Å². The summed E-state index contributed by atoms with van der Waals surface area (Å²) in [5.41, 5.74) is 36.1. The van der Waals surface area contributed by atoms with Gasteiger partial charge in [-0.25, -0.2) is 0 Å². The number of benzene rings is 21. The lowest BCUT2D eigenvalue weighted by Crippen LogP contribution is -1.96. The Kier molecular flexibility index (Phi) is 18.8. The van der Waals surface area contributed by atoms with Crippen molar-refractivity contribution in [2.75, 3.05) is 0 Å². The Bertz CT molecular complexity index is 8650. The topological polar surface area (TPSA) is 29.6 Å². The maximum atomic E-state index is 2.41. The van der Waals surface area contributed by atoms with E-state index in [9.17, 15) is 0 Å². The molecular weight excluding hydrogens is 1600 g/mol. The number of para-hydroxylation sites is 10. The number of aromatic nitrogens is 6. The fraction of sp³-hybridized carbons (Fsp3) is 0. The zero-order valence-electron chi connectivity index (χ0n) is 72.2. The van der Waals surface area contributed by atoms with Gasteiger partial charge in [0.25, 0.3) is 0 Å².